The molecule has 0 atom stereocenters. The minimum absolute atomic E-state index is 0.0750. The van der Waals surface area contributed by atoms with Gasteiger partial charge in [-0.2, -0.15) is 5.10 Å². The van der Waals surface area contributed by atoms with Crippen LogP contribution in [-0.2, 0) is 13.0 Å². The summed E-state index contributed by atoms with van der Waals surface area (Å²) in [5, 5.41) is 7.12. The summed E-state index contributed by atoms with van der Waals surface area (Å²) in [5.74, 6) is 0.0734. The summed E-state index contributed by atoms with van der Waals surface area (Å²) in [4.78, 5) is 21.6. The predicted octanol–water partition coefficient (Wildman–Crippen LogP) is 3.69. The van der Waals surface area contributed by atoms with Crippen molar-refractivity contribution in [3.63, 3.8) is 0 Å². The second-order valence-corrected chi connectivity index (χ2v) is 8.41. The summed E-state index contributed by atoms with van der Waals surface area (Å²) < 4.78 is 22.1. The summed E-state index contributed by atoms with van der Waals surface area (Å²) in [6, 6.07) is 7.44. The lowest BCUT2D eigenvalue weighted by Gasteiger charge is -2.02. The SMILES string of the molecule is [2H]C([2H])(NC(=O)c1cnn(Cc2cn3cc(C4CC4)ccc3n2)c1)c1ncn2ccc(Cl)cc12. The average Bonchev–Trinajstić information content (AvgIpc) is 3.20. The van der Waals surface area contributed by atoms with E-state index in [4.69, 9.17) is 14.3 Å². The molecule has 1 fully saturated rings. The fourth-order valence-electron chi connectivity index (χ4n) is 3.78. The van der Waals surface area contributed by atoms with Crippen LogP contribution in [0.5, 0.6) is 0 Å². The van der Waals surface area contributed by atoms with Crippen LogP contribution in [0.2, 0.25) is 5.02 Å². The van der Waals surface area contributed by atoms with E-state index in [1.807, 2.05) is 16.7 Å². The van der Waals surface area contributed by atoms with E-state index in [0.29, 0.717) is 23.0 Å². The van der Waals surface area contributed by atoms with Crippen molar-refractivity contribution in [3.8, 4) is 0 Å². The van der Waals surface area contributed by atoms with Gasteiger partial charge in [-0.1, -0.05) is 17.7 Å². The van der Waals surface area contributed by atoms with Crippen molar-refractivity contribution in [2.45, 2.75) is 31.8 Å². The van der Waals surface area contributed by atoms with Gasteiger partial charge in [0.15, 0.2) is 0 Å². The van der Waals surface area contributed by atoms with E-state index >= 15 is 0 Å². The van der Waals surface area contributed by atoms with Crippen LogP contribution in [0, 0.1) is 0 Å². The summed E-state index contributed by atoms with van der Waals surface area (Å²) in [7, 11) is 0. The Kier molecular flexibility index (Phi) is 3.97. The highest BCUT2D eigenvalue weighted by Gasteiger charge is 2.23. The maximum Gasteiger partial charge on any atom is 0.254 e. The topological polar surface area (TPSA) is 81.5 Å². The van der Waals surface area contributed by atoms with E-state index in [1.165, 1.54) is 30.9 Å². The molecule has 9 heteroatoms. The molecule has 1 amide bonds. The lowest BCUT2D eigenvalue weighted by atomic mass is 10.2. The summed E-state index contributed by atoms with van der Waals surface area (Å²) in [5.41, 5.74) is 3.81. The van der Waals surface area contributed by atoms with Crippen molar-refractivity contribution in [1.29, 1.82) is 0 Å². The van der Waals surface area contributed by atoms with Crippen molar-refractivity contribution in [1.82, 2.24) is 33.9 Å². The molecule has 1 aliphatic rings. The number of amides is 1. The molecule has 1 aliphatic carbocycles. The molecule has 0 unspecified atom stereocenters. The lowest BCUT2D eigenvalue weighted by molar-refractivity contribution is 0.0950. The van der Waals surface area contributed by atoms with E-state index in [-0.39, 0.29) is 11.3 Å². The van der Waals surface area contributed by atoms with Gasteiger partial charge in [-0.3, -0.25) is 9.48 Å². The van der Waals surface area contributed by atoms with Crippen LogP contribution >= 0.6 is 11.6 Å². The Labute approximate surface area is 191 Å². The molecule has 0 saturated heterocycles. The second kappa shape index (κ2) is 7.49. The van der Waals surface area contributed by atoms with Gasteiger partial charge in [0.05, 0.1) is 50.8 Å². The molecule has 6 rings (SSSR count). The lowest BCUT2D eigenvalue weighted by Crippen LogP contribution is -2.22. The molecule has 5 heterocycles. The molecule has 0 aliphatic heterocycles. The van der Waals surface area contributed by atoms with Crippen LogP contribution in [0.25, 0.3) is 11.2 Å². The molecule has 0 aromatic carbocycles. The number of aromatic nitrogens is 6. The number of pyridine rings is 2. The van der Waals surface area contributed by atoms with Gasteiger partial charge in [-0.15, -0.1) is 0 Å². The van der Waals surface area contributed by atoms with Crippen molar-refractivity contribution >= 4 is 28.7 Å². The Morgan fingerprint density at radius 1 is 1.22 bits per heavy atom. The Bertz CT molecular complexity index is 1550. The third-order valence-electron chi connectivity index (χ3n) is 5.59. The van der Waals surface area contributed by atoms with E-state index in [1.54, 1.807) is 33.6 Å². The molecule has 1 N–H and O–H groups in total. The van der Waals surface area contributed by atoms with Crippen LogP contribution in [0.4, 0.5) is 0 Å². The fraction of sp³-hybridized carbons (Fsp3) is 0.217. The number of hydrogen-bond acceptors (Lipinski definition) is 4. The number of fused-ring (bicyclic) bond motifs is 2. The predicted molar refractivity (Wildman–Crippen MR) is 120 cm³/mol. The zero-order valence-electron chi connectivity index (χ0n) is 18.9. The monoisotopic (exact) mass is 447 g/mol. The number of imidazole rings is 2. The van der Waals surface area contributed by atoms with Crippen molar-refractivity contribution in [2.75, 3.05) is 0 Å². The number of hydrogen-bond donors (Lipinski definition) is 1. The molecule has 0 spiro atoms. The van der Waals surface area contributed by atoms with Crippen LogP contribution in [-0.4, -0.2) is 34.5 Å². The molecule has 32 heavy (non-hydrogen) atoms. The van der Waals surface area contributed by atoms with Crippen LogP contribution in [0.15, 0.2) is 61.6 Å². The Hall–Kier alpha value is -3.65. The van der Waals surface area contributed by atoms with Gasteiger partial charge >= 0.3 is 0 Å². The van der Waals surface area contributed by atoms with E-state index in [9.17, 15) is 4.79 Å². The van der Waals surface area contributed by atoms with Gasteiger partial charge in [0.25, 0.3) is 5.91 Å². The Balaban J connectivity index is 1.18. The normalized spacial score (nSPS) is 15.2. The minimum Gasteiger partial charge on any atom is -0.346 e. The first kappa shape index (κ1) is 17.0. The van der Waals surface area contributed by atoms with Crippen LogP contribution in [0.1, 0.15) is 48.8 Å². The number of rotatable bonds is 6. The number of carbonyl (C=O) groups excluding carboxylic acids is 1. The first-order chi connectivity index (χ1) is 16.4. The minimum atomic E-state index is -2.21. The van der Waals surface area contributed by atoms with Gasteiger partial charge < -0.3 is 14.1 Å². The highest BCUT2D eigenvalue weighted by Crippen LogP contribution is 2.39. The van der Waals surface area contributed by atoms with Crippen LogP contribution in [0.3, 0.4) is 0 Å². The van der Waals surface area contributed by atoms with Crippen molar-refractivity contribution in [3.05, 3.63) is 89.1 Å². The maximum absolute atomic E-state index is 12.8. The standard InChI is InChI=1S/C23H20ClN7O/c24-18-5-6-29-14-26-20(21(29)7-18)9-25-23(32)17-8-27-31(11-17)13-19-12-30-10-16(15-1-2-15)3-4-22(30)28-19/h3-8,10-12,14-15H,1-2,9,13H2,(H,25,32)/i9D2. The summed E-state index contributed by atoms with van der Waals surface area (Å²) in [6.07, 6.45) is 12.7. The molecule has 160 valence electrons. The van der Waals surface area contributed by atoms with Gasteiger partial charge in [0.2, 0.25) is 0 Å². The molecule has 0 radical (unpaired) electrons. The Morgan fingerprint density at radius 3 is 3.00 bits per heavy atom. The third kappa shape index (κ3) is 3.62. The van der Waals surface area contributed by atoms with Crippen molar-refractivity contribution < 1.29 is 7.54 Å². The van der Waals surface area contributed by atoms with Gasteiger partial charge in [-0.25, -0.2) is 9.97 Å². The van der Waals surface area contributed by atoms with Gasteiger partial charge in [-0.05, 0) is 42.5 Å². The maximum atomic E-state index is 12.8. The zero-order chi connectivity index (χ0) is 23.4. The average molecular weight is 448 g/mol. The summed E-state index contributed by atoms with van der Waals surface area (Å²) >= 11 is 6.05. The highest BCUT2D eigenvalue weighted by atomic mass is 35.5. The molecule has 5 aromatic heterocycles. The number of carbonyl (C=O) groups is 1. The number of nitrogens with zero attached hydrogens (tertiary/aromatic N) is 6. The highest BCUT2D eigenvalue weighted by molar-refractivity contribution is 6.30. The largest absolute Gasteiger partial charge is 0.346 e. The molecule has 8 nitrogen and oxygen atoms in total. The Morgan fingerprint density at radius 2 is 2.12 bits per heavy atom. The van der Waals surface area contributed by atoms with Gasteiger partial charge in [0, 0.05) is 29.8 Å². The molecular weight excluding hydrogens is 426 g/mol. The van der Waals surface area contributed by atoms with Crippen molar-refractivity contribution in [2.24, 2.45) is 0 Å². The summed E-state index contributed by atoms with van der Waals surface area (Å²) in [6.45, 7) is -1.82. The number of nitrogens with one attached hydrogen (secondary N) is 1. The van der Waals surface area contributed by atoms with Crippen LogP contribution < -0.4 is 5.32 Å². The smallest absolute Gasteiger partial charge is 0.254 e. The third-order valence-corrected chi connectivity index (χ3v) is 5.82. The molecule has 5 aromatic rings. The number of halogens is 1. The molecule has 1 saturated carbocycles. The van der Waals surface area contributed by atoms with E-state index in [2.05, 4.69) is 32.6 Å². The quantitative estimate of drug-likeness (QED) is 0.430. The first-order valence-electron chi connectivity index (χ1n) is 11.3. The molecular formula is C23H20ClN7O. The zero-order valence-corrected chi connectivity index (χ0v) is 17.7. The molecule has 0 bridgehead atoms. The van der Waals surface area contributed by atoms with E-state index in [0.717, 1.165) is 11.3 Å². The first-order valence-corrected chi connectivity index (χ1v) is 10.7. The van der Waals surface area contributed by atoms with Gasteiger partial charge in [0.1, 0.15) is 5.65 Å². The van der Waals surface area contributed by atoms with E-state index < -0.39 is 12.4 Å². The fourth-order valence-corrected chi connectivity index (χ4v) is 3.94. The second-order valence-electron chi connectivity index (χ2n) is 7.97.